The van der Waals surface area contributed by atoms with E-state index in [0.29, 0.717) is 17.0 Å². The van der Waals surface area contributed by atoms with Gasteiger partial charge in [0.15, 0.2) is 0 Å². The number of nitrogens with one attached hydrogen (secondary N) is 2. The van der Waals surface area contributed by atoms with Gasteiger partial charge in [0.05, 0.1) is 19.3 Å². The zero-order valence-corrected chi connectivity index (χ0v) is 14.8. The summed E-state index contributed by atoms with van der Waals surface area (Å²) in [7, 11) is 1.59. The van der Waals surface area contributed by atoms with Crippen LogP contribution < -0.4 is 15.4 Å². The number of nitrogens with zero attached hydrogens (tertiary/aromatic N) is 1. The quantitative estimate of drug-likeness (QED) is 0.838. The SMILES string of the molecule is COc1ccccc1NCC(=O)Nc1cccc(C(=O)N2CCCC2)c1. The molecule has 6 nitrogen and oxygen atoms in total. The lowest BCUT2D eigenvalue weighted by molar-refractivity contribution is -0.114. The van der Waals surface area contributed by atoms with Gasteiger partial charge in [0.1, 0.15) is 5.75 Å². The van der Waals surface area contributed by atoms with E-state index in [1.54, 1.807) is 31.4 Å². The summed E-state index contributed by atoms with van der Waals surface area (Å²) < 4.78 is 5.25. The normalized spacial score (nSPS) is 13.3. The van der Waals surface area contributed by atoms with Crippen LogP contribution in [0.2, 0.25) is 0 Å². The maximum Gasteiger partial charge on any atom is 0.253 e. The molecule has 0 atom stereocenters. The van der Waals surface area contributed by atoms with Crippen molar-refractivity contribution in [1.29, 1.82) is 0 Å². The molecule has 136 valence electrons. The number of anilines is 2. The van der Waals surface area contributed by atoms with E-state index in [4.69, 9.17) is 4.74 Å². The van der Waals surface area contributed by atoms with Crippen LogP contribution in [0.4, 0.5) is 11.4 Å². The summed E-state index contributed by atoms with van der Waals surface area (Å²) in [5.74, 6) is 0.505. The number of ether oxygens (including phenoxy) is 1. The van der Waals surface area contributed by atoms with Gasteiger partial charge in [-0.15, -0.1) is 0 Å². The van der Waals surface area contributed by atoms with Crippen LogP contribution in [-0.2, 0) is 4.79 Å². The van der Waals surface area contributed by atoms with E-state index >= 15 is 0 Å². The Hall–Kier alpha value is -3.02. The number of benzene rings is 2. The highest BCUT2D eigenvalue weighted by Crippen LogP contribution is 2.22. The van der Waals surface area contributed by atoms with Gasteiger partial charge in [-0.2, -0.15) is 0 Å². The van der Waals surface area contributed by atoms with Gasteiger partial charge in [-0.25, -0.2) is 0 Å². The molecule has 2 amide bonds. The van der Waals surface area contributed by atoms with Gasteiger partial charge in [0.2, 0.25) is 5.91 Å². The van der Waals surface area contributed by atoms with Crippen LogP contribution in [-0.4, -0.2) is 43.5 Å². The van der Waals surface area contributed by atoms with Gasteiger partial charge < -0.3 is 20.3 Å². The standard InChI is InChI=1S/C20H23N3O3/c1-26-18-10-3-2-9-17(18)21-14-19(24)22-16-8-6-7-15(13-16)20(25)23-11-4-5-12-23/h2-3,6-10,13,21H,4-5,11-12,14H2,1H3,(H,22,24). The molecule has 0 unspecified atom stereocenters. The summed E-state index contributed by atoms with van der Waals surface area (Å²) in [6.07, 6.45) is 2.10. The van der Waals surface area contributed by atoms with Crippen molar-refractivity contribution in [2.24, 2.45) is 0 Å². The number of methoxy groups -OCH3 is 1. The molecule has 0 radical (unpaired) electrons. The number of carbonyl (C=O) groups excluding carboxylic acids is 2. The first kappa shape index (κ1) is 17.8. The minimum absolute atomic E-state index is 0.0192. The van der Waals surface area contributed by atoms with Gasteiger partial charge in [0.25, 0.3) is 5.91 Å². The third-order valence-corrected chi connectivity index (χ3v) is 4.33. The zero-order chi connectivity index (χ0) is 18.4. The van der Waals surface area contributed by atoms with Crippen LogP contribution in [0.3, 0.4) is 0 Å². The van der Waals surface area contributed by atoms with Crippen LogP contribution >= 0.6 is 0 Å². The van der Waals surface area contributed by atoms with Gasteiger partial charge >= 0.3 is 0 Å². The number of amides is 2. The van der Waals surface area contributed by atoms with E-state index in [9.17, 15) is 9.59 Å². The van der Waals surface area contributed by atoms with Gasteiger partial charge in [-0.1, -0.05) is 18.2 Å². The smallest absolute Gasteiger partial charge is 0.253 e. The minimum atomic E-state index is -0.193. The molecule has 1 aliphatic rings. The van der Waals surface area contributed by atoms with Crippen LogP contribution in [0.15, 0.2) is 48.5 Å². The number of para-hydroxylation sites is 2. The Morgan fingerprint density at radius 2 is 1.85 bits per heavy atom. The van der Waals surface area contributed by atoms with E-state index in [1.165, 1.54) is 0 Å². The molecule has 1 aliphatic heterocycles. The fraction of sp³-hybridized carbons (Fsp3) is 0.300. The highest BCUT2D eigenvalue weighted by molar-refractivity contribution is 5.98. The van der Waals surface area contributed by atoms with Crippen LogP contribution in [0.5, 0.6) is 5.75 Å². The Morgan fingerprint density at radius 1 is 1.08 bits per heavy atom. The Bertz CT molecular complexity index is 785. The Balaban J connectivity index is 1.59. The molecule has 1 saturated heterocycles. The van der Waals surface area contributed by atoms with Crippen molar-refractivity contribution >= 4 is 23.2 Å². The van der Waals surface area contributed by atoms with E-state index < -0.39 is 0 Å². The Labute approximate surface area is 153 Å². The van der Waals surface area contributed by atoms with Crippen molar-refractivity contribution in [1.82, 2.24) is 4.90 Å². The number of rotatable bonds is 6. The second kappa shape index (κ2) is 8.38. The van der Waals surface area contributed by atoms with Crippen molar-refractivity contribution < 1.29 is 14.3 Å². The van der Waals surface area contributed by atoms with Crippen molar-refractivity contribution in [3.8, 4) is 5.75 Å². The molecule has 0 aliphatic carbocycles. The third kappa shape index (κ3) is 4.33. The van der Waals surface area contributed by atoms with Crippen molar-refractivity contribution in [2.45, 2.75) is 12.8 Å². The predicted octanol–water partition coefficient (Wildman–Crippen LogP) is 2.98. The monoisotopic (exact) mass is 353 g/mol. The molecule has 6 heteroatoms. The number of hydrogen-bond donors (Lipinski definition) is 2. The summed E-state index contributed by atoms with van der Waals surface area (Å²) >= 11 is 0. The largest absolute Gasteiger partial charge is 0.495 e. The first-order valence-electron chi connectivity index (χ1n) is 8.73. The number of hydrogen-bond acceptors (Lipinski definition) is 4. The Kier molecular flexibility index (Phi) is 5.73. The average molecular weight is 353 g/mol. The maximum atomic E-state index is 12.5. The molecule has 0 saturated carbocycles. The summed E-state index contributed by atoms with van der Waals surface area (Å²) in [4.78, 5) is 26.5. The molecule has 1 heterocycles. The number of carbonyl (C=O) groups is 2. The van der Waals surface area contributed by atoms with E-state index in [2.05, 4.69) is 10.6 Å². The van der Waals surface area contributed by atoms with Crippen molar-refractivity contribution in [3.63, 3.8) is 0 Å². The molecule has 0 bridgehead atoms. The molecule has 0 spiro atoms. The molecule has 26 heavy (non-hydrogen) atoms. The van der Waals surface area contributed by atoms with E-state index in [0.717, 1.165) is 31.6 Å². The van der Waals surface area contributed by atoms with Crippen molar-refractivity contribution in [3.05, 3.63) is 54.1 Å². The summed E-state index contributed by atoms with van der Waals surface area (Å²) in [5.41, 5.74) is 1.97. The highest BCUT2D eigenvalue weighted by Gasteiger charge is 2.19. The summed E-state index contributed by atoms with van der Waals surface area (Å²) in [5, 5.41) is 5.88. The summed E-state index contributed by atoms with van der Waals surface area (Å²) in [6, 6.07) is 14.5. The molecule has 3 rings (SSSR count). The molecule has 2 aromatic rings. The second-order valence-corrected chi connectivity index (χ2v) is 6.18. The molecule has 1 fully saturated rings. The maximum absolute atomic E-state index is 12.5. The lowest BCUT2D eigenvalue weighted by Crippen LogP contribution is -2.27. The topological polar surface area (TPSA) is 70.7 Å². The van der Waals surface area contributed by atoms with Gasteiger partial charge in [-0.3, -0.25) is 9.59 Å². The minimum Gasteiger partial charge on any atom is -0.495 e. The lowest BCUT2D eigenvalue weighted by Gasteiger charge is -2.16. The molecular weight excluding hydrogens is 330 g/mol. The third-order valence-electron chi connectivity index (χ3n) is 4.33. The van der Waals surface area contributed by atoms with Crippen LogP contribution in [0.1, 0.15) is 23.2 Å². The molecule has 0 aromatic heterocycles. The average Bonchev–Trinajstić information content (AvgIpc) is 3.21. The van der Waals surface area contributed by atoms with Crippen LogP contribution in [0, 0.1) is 0 Å². The highest BCUT2D eigenvalue weighted by atomic mass is 16.5. The fourth-order valence-electron chi connectivity index (χ4n) is 3.00. The Morgan fingerprint density at radius 3 is 2.62 bits per heavy atom. The lowest BCUT2D eigenvalue weighted by atomic mass is 10.1. The summed E-state index contributed by atoms with van der Waals surface area (Å²) in [6.45, 7) is 1.71. The first-order chi connectivity index (χ1) is 12.7. The van der Waals surface area contributed by atoms with Crippen molar-refractivity contribution in [2.75, 3.05) is 37.4 Å². The molecular formula is C20H23N3O3. The fourth-order valence-corrected chi connectivity index (χ4v) is 3.00. The van der Waals surface area contributed by atoms with Gasteiger partial charge in [0, 0.05) is 24.3 Å². The van der Waals surface area contributed by atoms with E-state index in [-0.39, 0.29) is 18.4 Å². The van der Waals surface area contributed by atoms with Crippen LogP contribution in [0.25, 0.3) is 0 Å². The molecule has 2 aromatic carbocycles. The molecule has 2 N–H and O–H groups in total. The van der Waals surface area contributed by atoms with E-state index in [1.807, 2.05) is 29.2 Å². The second-order valence-electron chi connectivity index (χ2n) is 6.18. The zero-order valence-electron chi connectivity index (χ0n) is 14.8. The predicted molar refractivity (Wildman–Crippen MR) is 102 cm³/mol. The van der Waals surface area contributed by atoms with Gasteiger partial charge in [-0.05, 0) is 43.2 Å². The first-order valence-corrected chi connectivity index (χ1v) is 8.73. The number of likely N-dealkylation sites (tertiary alicyclic amines) is 1.